The number of anilines is 3. The zero-order valence-corrected chi connectivity index (χ0v) is 15.4. The molecule has 0 aliphatic heterocycles. The molecule has 26 heavy (non-hydrogen) atoms. The fourth-order valence-corrected chi connectivity index (χ4v) is 2.96. The molecule has 2 nitrogen and oxygen atoms in total. The molecular weight excluding hydrogens is 318 g/mol. The van der Waals surface area contributed by atoms with Crippen LogP contribution in [0.15, 0.2) is 78.9 Å². The topological polar surface area (TPSA) is 12.5 Å². The van der Waals surface area contributed by atoms with Gasteiger partial charge in [-0.2, -0.15) is 0 Å². The third-order valence-electron chi connectivity index (χ3n) is 4.33. The first-order valence-corrected chi connectivity index (χ1v) is 9.42. The Morgan fingerprint density at radius 3 is 2.08 bits per heavy atom. The molecule has 0 saturated carbocycles. The van der Waals surface area contributed by atoms with Crippen LogP contribution in [-0.4, -0.2) is 6.61 Å². The standard InChI is InChI=1S/C24H26NO/c1-2-3-4-11-20-26-24-18-16-23(17-19-24)25(21-12-7-5-8-13-21)22-14-9-6-10-15-22/h5,7-10,12-19H,2-4,11,20H2,1H3. The first-order valence-electron chi connectivity index (χ1n) is 9.42. The molecule has 1 radical (unpaired) electrons. The molecule has 0 unspecified atom stereocenters. The highest BCUT2D eigenvalue weighted by molar-refractivity contribution is 5.76. The van der Waals surface area contributed by atoms with Gasteiger partial charge in [0.2, 0.25) is 0 Å². The summed E-state index contributed by atoms with van der Waals surface area (Å²) in [7, 11) is 0. The molecule has 0 aromatic heterocycles. The van der Waals surface area contributed by atoms with E-state index in [1.54, 1.807) is 0 Å². The van der Waals surface area contributed by atoms with E-state index in [1.165, 1.54) is 19.3 Å². The number of ether oxygens (including phenoxy) is 1. The van der Waals surface area contributed by atoms with Gasteiger partial charge in [-0.1, -0.05) is 56.5 Å². The number of nitrogens with zero attached hydrogens (tertiary/aromatic N) is 1. The minimum atomic E-state index is 0.788. The maximum absolute atomic E-state index is 5.88. The van der Waals surface area contributed by atoms with Crippen LogP contribution in [0.2, 0.25) is 0 Å². The van der Waals surface area contributed by atoms with Gasteiger partial charge in [0.1, 0.15) is 5.75 Å². The average molecular weight is 344 g/mol. The van der Waals surface area contributed by atoms with Gasteiger partial charge in [-0.3, -0.25) is 0 Å². The van der Waals surface area contributed by atoms with E-state index in [0.717, 1.165) is 35.8 Å². The van der Waals surface area contributed by atoms with Crippen LogP contribution in [0.1, 0.15) is 32.6 Å². The van der Waals surface area contributed by atoms with Crippen molar-refractivity contribution in [3.8, 4) is 5.75 Å². The molecular formula is C24H26NO. The second-order valence-electron chi connectivity index (χ2n) is 6.33. The fourth-order valence-electron chi connectivity index (χ4n) is 2.96. The van der Waals surface area contributed by atoms with Crippen LogP contribution < -0.4 is 9.64 Å². The summed E-state index contributed by atoms with van der Waals surface area (Å²) >= 11 is 0. The van der Waals surface area contributed by atoms with Crippen LogP contribution in [0, 0.1) is 6.07 Å². The van der Waals surface area contributed by atoms with Gasteiger partial charge in [-0.05, 0) is 61.0 Å². The Kier molecular flexibility index (Phi) is 6.72. The van der Waals surface area contributed by atoms with Crippen LogP contribution in [0.4, 0.5) is 17.1 Å². The van der Waals surface area contributed by atoms with Gasteiger partial charge in [0.15, 0.2) is 0 Å². The van der Waals surface area contributed by atoms with Gasteiger partial charge in [-0.15, -0.1) is 0 Å². The Labute approximate surface area is 157 Å². The number of hydrogen-bond donors (Lipinski definition) is 0. The first-order chi connectivity index (χ1) is 12.9. The second-order valence-corrected chi connectivity index (χ2v) is 6.33. The van der Waals surface area contributed by atoms with Crippen molar-refractivity contribution in [3.05, 3.63) is 84.9 Å². The van der Waals surface area contributed by atoms with E-state index >= 15 is 0 Å². The average Bonchev–Trinajstić information content (AvgIpc) is 2.71. The summed E-state index contributed by atoms with van der Waals surface area (Å²) in [6.07, 6.45) is 4.89. The highest BCUT2D eigenvalue weighted by atomic mass is 16.5. The molecule has 0 aliphatic rings. The lowest BCUT2D eigenvalue weighted by atomic mass is 10.2. The van der Waals surface area contributed by atoms with Crippen LogP contribution in [0.3, 0.4) is 0 Å². The van der Waals surface area contributed by atoms with Crippen molar-refractivity contribution in [1.29, 1.82) is 0 Å². The molecule has 2 heteroatoms. The smallest absolute Gasteiger partial charge is 0.119 e. The Balaban J connectivity index is 1.75. The maximum Gasteiger partial charge on any atom is 0.119 e. The molecule has 0 amide bonds. The second kappa shape index (κ2) is 9.67. The Bertz CT molecular complexity index is 714. The van der Waals surface area contributed by atoms with Gasteiger partial charge < -0.3 is 9.64 Å². The van der Waals surface area contributed by atoms with Crippen molar-refractivity contribution in [1.82, 2.24) is 0 Å². The molecule has 0 spiro atoms. The van der Waals surface area contributed by atoms with Gasteiger partial charge in [0.05, 0.1) is 6.61 Å². The zero-order chi connectivity index (χ0) is 18.0. The normalized spacial score (nSPS) is 10.5. The zero-order valence-electron chi connectivity index (χ0n) is 15.4. The molecule has 0 fully saturated rings. The van der Waals surface area contributed by atoms with E-state index in [-0.39, 0.29) is 0 Å². The molecule has 0 aliphatic carbocycles. The third-order valence-corrected chi connectivity index (χ3v) is 4.33. The molecule has 0 atom stereocenters. The summed E-state index contributed by atoms with van der Waals surface area (Å²) in [5.74, 6) is 0.930. The lowest BCUT2D eigenvalue weighted by Crippen LogP contribution is -2.09. The number of para-hydroxylation sites is 1. The van der Waals surface area contributed by atoms with Crippen LogP contribution >= 0.6 is 0 Å². The van der Waals surface area contributed by atoms with E-state index < -0.39 is 0 Å². The SMILES string of the molecule is CCCCCCOc1ccc(N(c2cc[c]cc2)c2ccccc2)cc1. The maximum atomic E-state index is 5.88. The minimum absolute atomic E-state index is 0.788. The summed E-state index contributed by atoms with van der Waals surface area (Å²) in [6, 6.07) is 29.9. The quantitative estimate of drug-likeness (QED) is 0.391. The highest BCUT2D eigenvalue weighted by Crippen LogP contribution is 2.34. The van der Waals surface area contributed by atoms with Crippen molar-refractivity contribution in [2.75, 3.05) is 11.5 Å². The van der Waals surface area contributed by atoms with Crippen LogP contribution in [-0.2, 0) is 0 Å². The van der Waals surface area contributed by atoms with Crippen LogP contribution in [0.5, 0.6) is 5.75 Å². The van der Waals surface area contributed by atoms with E-state index in [4.69, 9.17) is 4.74 Å². The third kappa shape index (κ3) is 4.89. The van der Waals surface area contributed by atoms with Crippen molar-refractivity contribution in [2.45, 2.75) is 32.6 Å². The molecule has 0 heterocycles. The summed E-state index contributed by atoms with van der Waals surface area (Å²) < 4.78 is 5.88. The van der Waals surface area contributed by atoms with E-state index in [2.05, 4.69) is 78.6 Å². The molecule has 3 rings (SSSR count). The van der Waals surface area contributed by atoms with E-state index in [1.807, 2.05) is 18.2 Å². The van der Waals surface area contributed by atoms with Gasteiger partial charge in [0.25, 0.3) is 0 Å². The molecule has 133 valence electrons. The summed E-state index contributed by atoms with van der Waals surface area (Å²) in [5, 5.41) is 0. The number of hydrogen-bond acceptors (Lipinski definition) is 2. The fraction of sp³-hybridized carbons (Fsp3) is 0.250. The monoisotopic (exact) mass is 344 g/mol. The predicted octanol–water partition coefficient (Wildman–Crippen LogP) is 6.92. The Morgan fingerprint density at radius 2 is 1.38 bits per heavy atom. The van der Waals surface area contributed by atoms with Crippen molar-refractivity contribution in [2.24, 2.45) is 0 Å². The lowest BCUT2D eigenvalue weighted by molar-refractivity contribution is 0.305. The number of rotatable bonds is 9. The summed E-state index contributed by atoms with van der Waals surface area (Å²) in [4.78, 5) is 2.23. The van der Waals surface area contributed by atoms with Crippen LogP contribution in [0.25, 0.3) is 0 Å². The summed E-state index contributed by atoms with van der Waals surface area (Å²) in [5.41, 5.74) is 3.36. The minimum Gasteiger partial charge on any atom is -0.494 e. The van der Waals surface area contributed by atoms with Gasteiger partial charge in [-0.25, -0.2) is 0 Å². The number of benzene rings is 3. The lowest BCUT2D eigenvalue weighted by Gasteiger charge is -2.25. The van der Waals surface area contributed by atoms with E-state index in [0.29, 0.717) is 0 Å². The molecule has 0 saturated heterocycles. The highest BCUT2D eigenvalue weighted by Gasteiger charge is 2.11. The summed E-state index contributed by atoms with van der Waals surface area (Å²) in [6.45, 7) is 3.01. The van der Waals surface area contributed by atoms with E-state index in [9.17, 15) is 0 Å². The Morgan fingerprint density at radius 1 is 0.731 bits per heavy atom. The van der Waals surface area contributed by atoms with Gasteiger partial charge in [0, 0.05) is 17.1 Å². The largest absolute Gasteiger partial charge is 0.494 e. The van der Waals surface area contributed by atoms with Crippen molar-refractivity contribution >= 4 is 17.1 Å². The van der Waals surface area contributed by atoms with Crippen molar-refractivity contribution < 1.29 is 4.74 Å². The Hall–Kier alpha value is -2.74. The molecule has 0 N–H and O–H groups in total. The molecule has 3 aromatic rings. The van der Waals surface area contributed by atoms with Gasteiger partial charge >= 0.3 is 0 Å². The molecule has 0 bridgehead atoms. The van der Waals surface area contributed by atoms with Crippen molar-refractivity contribution in [3.63, 3.8) is 0 Å². The predicted molar refractivity (Wildman–Crippen MR) is 110 cm³/mol. The molecule has 3 aromatic carbocycles. The first kappa shape index (κ1) is 18.1. The number of unbranched alkanes of at least 4 members (excludes halogenated alkanes) is 3.